The number of nitrogens with zero attached hydrogens (tertiary/aromatic N) is 1. The molecule has 2 aliphatic rings. The molecule has 0 radical (unpaired) electrons. The third-order valence-corrected chi connectivity index (χ3v) is 2.86. The van der Waals surface area contributed by atoms with E-state index < -0.39 is 0 Å². The fourth-order valence-electron chi connectivity index (χ4n) is 2.09. The van der Waals surface area contributed by atoms with Crippen molar-refractivity contribution in [3.63, 3.8) is 0 Å². The minimum absolute atomic E-state index is 0.181. The van der Waals surface area contributed by atoms with Crippen molar-refractivity contribution < 1.29 is 14.6 Å². The molecule has 0 bridgehead atoms. The summed E-state index contributed by atoms with van der Waals surface area (Å²) in [5, 5.41) is 9.16. The minimum Gasteiger partial charge on any atom is -0.395 e. The van der Waals surface area contributed by atoms with E-state index in [1.165, 1.54) is 0 Å². The van der Waals surface area contributed by atoms with E-state index in [0.29, 0.717) is 12.6 Å². The van der Waals surface area contributed by atoms with Crippen LogP contribution in [0.4, 0.5) is 0 Å². The molecule has 4 heteroatoms. The first kappa shape index (κ1) is 9.40. The second-order valence-electron chi connectivity index (χ2n) is 3.67. The van der Waals surface area contributed by atoms with Crippen LogP contribution < -0.4 is 0 Å². The van der Waals surface area contributed by atoms with Gasteiger partial charge in [0, 0.05) is 19.2 Å². The lowest BCUT2D eigenvalue weighted by atomic mass is 10.1. The molecule has 2 atom stereocenters. The summed E-state index contributed by atoms with van der Waals surface area (Å²) < 4.78 is 10.7. The van der Waals surface area contributed by atoms with Gasteiger partial charge in [0.2, 0.25) is 0 Å². The van der Waals surface area contributed by atoms with Crippen molar-refractivity contribution in [2.24, 2.45) is 0 Å². The van der Waals surface area contributed by atoms with Crippen LogP contribution in [-0.4, -0.2) is 61.7 Å². The molecule has 76 valence electrons. The quantitative estimate of drug-likeness (QED) is 0.631. The zero-order valence-electron chi connectivity index (χ0n) is 7.82. The van der Waals surface area contributed by atoms with Crippen molar-refractivity contribution >= 4 is 0 Å². The van der Waals surface area contributed by atoms with E-state index in [9.17, 15) is 0 Å². The number of hydrogen-bond acceptors (Lipinski definition) is 4. The fraction of sp³-hybridized carbons (Fsp3) is 1.00. The third kappa shape index (κ3) is 2.02. The summed E-state index contributed by atoms with van der Waals surface area (Å²) in [7, 11) is 0. The van der Waals surface area contributed by atoms with E-state index in [-0.39, 0.29) is 12.6 Å². The smallest absolute Gasteiger partial charge is 0.0645 e. The molecule has 0 aromatic heterocycles. The minimum atomic E-state index is 0.181. The van der Waals surface area contributed by atoms with Crippen LogP contribution in [0, 0.1) is 0 Å². The van der Waals surface area contributed by atoms with Crippen molar-refractivity contribution in [1.29, 1.82) is 0 Å². The van der Waals surface area contributed by atoms with Crippen LogP contribution in [-0.2, 0) is 9.47 Å². The molecular formula is C9H17NO3. The number of aliphatic hydroxyl groups excluding tert-OH is 1. The Labute approximate surface area is 78.4 Å². The number of morpholine rings is 1. The molecule has 13 heavy (non-hydrogen) atoms. The Hall–Kier alpha value is -0.160. The van der Waals surface area contributed by atoms with Gasteiger partial charge in [-0.15, -0.1) is 0 Å². The highest BCUT2D eigenvalue weighted by Crippen LogP contribution is 2.17. The summed E-state index contributed by atoms with van der Waals surface area (Å²) in [4.78, 5) is 2.33. The summed E-state index contributed by atoms with van der Waals surface area (Å²) in [6.07, 6.45) is 1.09. The standard InChI is InChI=1S/C9H17NO3/c11-5-9-7-13-4-2-10(9)8-1-3-12-6-8/h8-9,11H,1-7H2. The number of aliphatic hydroxyl groups is 1. The van der Waals surface area contributed by atoms with Gasteiger partial charge < -0.3 is 14.6 Å². The molecule has 2 saturated heterocycles. The highest BCUT2D eigenvalue weighted by molar-refractivity contribution is 4.83. The van der Waals surface area contributed by atoms with Crippen LogP contribution in [0.5, 0.6) is 0 Å². The van der Waals surface area contributed by atoms with Gasteiger partial charge in [-0.2, -0.15) is 0 Å². The molecule has 1 N–H and O–H groups in total. The molecule has 4 nitrogen and oxygen atoms in total. The first-order valence-corrected chi connectivity index (χ1v) is 4.94. The maximum Gasteiger partial charge on any atom is 0.0645 e. The monoisotopic (exact) mass is 187 g/mol. The zero-order chi connectivity index (χ0) is 9.10. The highest BCUT2D eigenvalue weighted by Gasteiger charge is 2.30. The molecule has 0 aliphatic carbocycles. The van der Waals surface area contributed by atoms with Gasteiger partial charge in [-0.05, 0) is 6.42 Å². The number of rotatable bonds is 2. The SMILES string of the molecule is OCC1COCCN1C1CCOC1. The van der Waals surface area contributed by atoms with E-state index in [2.05, 4.69) is 4.90 Å². The molecular weight excluding hydrogens is 170 g/mol. The number of hydrogen-bond donors (Lipinski definition) is 1. The average Bonchev–Trinajstić information content (AvgIpc) is 2.70. The Morgan fingerprint density at radius 2 is 2.08 bits per heavy atom. The van der Waals surface area contributed by atoms with Gasteiger partial charge >= 0.3 is 0 Å². The predicted octanol–water partition coefficient (Wildman–Crippen LogP) is -0.532. The van der Waals surface area contributed by atoms with Crippen LogP contribution in [0.1, 0.15) is 6.42 Å². The van der Waals surface area contributed by atoms with Crippen LogP contribution in [0.3, 0.4) is 0 Å². The van der Waals surface area contributed by atoms with E-state index in [1.54, 1.807) is 0 Å². The third-order valence-electron chi connectivity index (χ3n) is 2.86. The Balaban J connectivity index is 1.93. The van der Waals surface area contributed by atoms with E-state index in [0.717, 1.165) is 32.8 Å². The largest absolute Gasteiger partial charge is 0.395 e. The van der Waals surface area contributed by atoms with Crippen LogP contribution in [0.25, 0.3) is 0 Å². The maximum atomic E-state index is 9.16. The first-order chi connectivity index (χ1) is 6.42. The lowest BCUT2D eigenvalue weighted by Gasteiger charge is -2.38. The normalized spacial score (nSPS) is 36.7. The van der Waals surface area contributed by atoms with Gasteiger partial charge in [0.25, 0.3) is 0 Å². The fourth-order valence-corrected chi connectivity index (χ4v) is 2.09. The summed E-state index contributed by atoms with van der Waals surface area (Å²) in [5.74, 6) is 0. The second kappa shape index (κ2) is 4.37. The molecule has 2 fully saturated rings. The van der Waals surface area contributed by atoms with Crippen molar-refractivity contribution in [2.75, 3.05) is 39.6 Å². The van der Waals surface area contributed by atoms with Gasteiger partial charge in [-0.25, -0.2) is 0 Å². The van der Waals surface area contributed by atoms with Crippen molar-refractivity contribution in [1.82, 2.24) is 4.90 Å². The van der Waals surface area contributed by atoms with E-state index in [4.69, 9.17) is 14.6 Å². The van der Waals surface area contributed by atoms with Gasteiger partial charge in [-0.1, -0.05) is 0 Å². The number of ether oxygens (including phenoxy) is 2. The summed E-state index contributed by atoms with van der Waals surface area (Å²) in [6.45, 7) is 4.24. The Morgan fingerprint density at radius 1 is 1.23 bits per heavy atom. The Bertz CT molecular complexity index is 157. The lowest BCUT2D eigenvalue weighted by molar-refractivity contribution is -0.0479. The Morgan fingerprint density at radius 3 is 2.77 bits per heavy atom. The highest BCUT2D eigenvalue weighted by atomic mass is 16.5. The van der Waals surface area contributed by atoms with Crippen molar-refractivity contribution in [3.8, 4) is 0 Å². The molecule has 2 rings (SSSR count). The van der Waals surface area contributed by atoms with Crippen molar-refractivity contribution in [3.05, 3.63) is 0 Å². The maximum absolute atomic E-state index is 9.16. The molecule has 0 aromatic carbocycles. The zero-order valence-corrected chi connectivity index (χ0v) is 7.82. The molecule has 0 amide bonds. The first-order valence-electron chi connectivity index (χ1n) is 4.94. The van der Waals surface area contributed by atoms with E-state index in [1.807, 2.05) is 0 Å². The molecule has 0 spiro atoms. The molecule has 2 heterocycles. The van der Waals surface area contributed by atoms with Crippen LogP contribution in [0.2, 0.25) is 0 Å². The lowest BCUT2D eigenvalue weighted by Crippen LogP contribution is -2.52. The molecule has 0 aromatic rings. The van der Waals surface area contributed by atoms with Gasteiger partial charge in [0.05, 0.1) is 32.5 Å². The summed E-state index contributed by atoms with van der Waals surface area (Å²) >= 11 is 0. The molecule has 2 unspecified atom stereocenters. The van der Waals surface area contributed by atoms with Gasteiger partial charge in [0.1, 0.15) is 0 Å². The van der Waals surface area contributed by atoms with Crippen LogP contribution >= 0.6 is 0 Å². The van der Waals surface area contributed by atoms with E-state index >= 15 is 0 Å². The molecule has 2 aliphatic heterocycles. The molecule has 0 saturated carbocycles. The average molecular weight is 187 g/mol. The van der Waals surface area contributed by atoms with Crippen molar-refractivity contribution in [2.45, 2.75) is 18.5 Å². The predicted molar refractivity (Wildman–Crippen MR) is 47.6 cm³/mol. The van der Waals surface area contributed by atoms with Crippen LogP contribution in [0.15, 0.2) is 0 Å². The van der Waals surface area contributed by atoms with Gasteiger partial charge in [-0.3, -0.25) is 4.90 Å². The van der Waals surface area contributed by atoms with Gasteiger partial charge in [0.15, 0.2) is 0 Å². The summed E-state index contributed by atoms with van der Waals surface area (Å²) in [5.41, 5.74) is 0. The summed E-state index contributed by atoms with van der Waals surface area (Å²) in [6, 6.07) is 0.682. The Kier molecular flexibility index (Phi) is 3.16. The second-order valence-corrected chi connectivity index (χ2v) is 3.67. The topological polar surface area (TPSA) is 41.9 Å².